The van der Waals surface area contributed by atoms with Crippen LogP contribution in [0.4, 0.5) is 0 Å². The second kappa shape index (κ2) is 6.58. The van der Waals surface area contributed by atoms with Gasteiger partial charge in [0.15, 0.2) is 0 Å². The van der Waals surface area contributed by atoms with E-state index in [0.29, 0.717) is 32.3 Å². The third-order valence-corrected chi connectivity index (χ3v) is 2.42. The normalized spacial score (nSPS) is 20.5. The fraction of sp³-hybridized carbons (Fsp3) is 0.727. The van der Waals surface area contributed by atoms with Crippen molar-refractivity contribution >= 4 is 5.97 Å². The number of hydrogen-bond acceptors (Lipinski definition) is 4. The van der Waals surface area contributed by atoms with E-state index in [1.165, 1.54) is 0 Å². The van der Waals surface area contributed by atoms with Crippen molar-refractivity contribution in [3.63, 3.8) is 0 Å². The van der Waals surface area contributed by atoms with E-state index in [1.54, 1.807) is 6.08 Å². The van der Waals surface area contributed by atoms with E-state index in [1.807, 2.05) is 6.92 Å². The highest BCUT2D eigenvalue weighted by Crippen LogP contribution is 2.12. The van der Waals surface area contributed by atoms with Crippen molar-refractivity contribution in [2.45, 2.75) is 19.4 Å². The van der Waals surface area contributed by atoms with E-state index >= 15 is 0 Å². The predicted molar refractivity (Wildman–Crippen MR) is 57.6 cm³/mol. The van der Waals surface area contributed by atoms with Gasteiger partial charge in [0.2, 0.25) is 0 Å². The van der Waals surface area contributed by atoms with Gasteiger partial charge in [0.05, 0.1) is 19.8 Å². The molecular formula is C11H19NO3. The van der Waals surface area contributed by atoms with Gasteiger partial charge in [-0.25, -0.2) is 0 Å². The molecule has 1 aliphatic heterocycles. The minimum absolute atomic E-state index is 0.175. The zero-order valence-electron chi connectivity index (χ0n) is 9.28. The molecule has 0 aromatic rings. The smallest absolute Gasteiger partial charge is 0.320 e. The third-order valence-electron chi connectivity index (χ3n) is 2.42. The molecule has 0 aliphatic carbocycles. The maximum Gasteiger partial charge on any atom is 0.320 e. The van der Waals surface area contributed by atoms with Crippen LogP contribution < -0.4 is 0 Å². The quantitative estimate of drug-likeness (QED) is 0.484. The first-order valence-electron chi connectivity index (χ1n) is 5.36. The monoisotopic (exact) mass is 213 g/mol. The van der Waals surface area contributed by atoms with Crippen LogP contribution in [0.3, 0.4) is 0 Å². The summed E-state index contributed by atoms with van der Waals surface area (Å²) in [4.78, 5) is 13.4. The lowest BCUT2D eigenvalue weighted by molar-refractivity contribution is -0.144. The number of hydrogen-bond donors (Lipinski definition) is 0. The molecule has 1 rings (SSSR count). The summed E-state index contributed by atoms with van der Waals surface area (Å²) >= 11 is 0. The Kier molecular flexibility index (Phi) is 5.36. The molecule has 1 fully saturated rings. The van der Waals surface area contributed by atoms with Crippen molar-refractivity contribution in [2.24, 2.45) is 0 Å². The summed E-state index contributed by atoms with van der Waals surface area (Å²) in [5.74, 6) is -0.175. The van der Waals surface area contributed by atoms with Crippen LogP contribution in [0, 0.1) is 0 Å². The molecule has 4 heteroatoms. The second-order valence-corrected chi connectivity index (χ2v) is 3.54. The van der Waals surface area contributed by atoms with Crippen molar-refractivity contribution in [2.75, 3.05) is 32.9 Å². The molecule has 0 spiro atoms. The largest absolute Gasteiger partial charge is 0.465 e. The SMILES string of the molecule is C=CCN(CC(=O)OCC)C1CCOC1. The molecule has 0 aromatic carbocycles. The summed E-state index contributed by atoms with van der Waals surface area (Å²) in [5, 5.41) is 0. The Morgan fingerprint density at radius 3 is 3.07 bits per heavy atom. The van der Waals surface area contributed by atoms with Crippen LogP contribution in [0.25, 0.3) is 0 Å². The van der Waals surface area contributed by atoms with Crippen molar-refractivity contribution < 1.29 is 14.3 Å². The number of ether oxygens (including phenoxy) is 2. The zero-order chi connectivity index (χ0) is 11.1. The van der Waals surface area contributed by atoms with Crippen LogP contribution in [0.1, 0.15) is 13.3 Å². The van der Waals surface area contributed by atoms with Gasteiger partial charge in [-0.2, -0.15) is 0 Å². The molecule has 1 saturated heterocycles. The molecule has 0 radical (unpaired) electrons. The number of esters is 1. The number of carbonyl (C=O) groups excluding carboxylic acids is 1. The summed E-state index contributed by atoms with van der Waals surface area (Å²) in [7, 11) is 0. The average Bonchev–Trinajstić information content (AvgIpc) is 2.70. The third kappa shape index (κ3) is 4.01. The first-order valence-corrected chi connectivity index (χ1v) is 5.36. The van der Waals surface area contributed by atoms with E-state index in [-0.39, 0.29) is 5.97 Å². The van der Waals surface area contributed by atoms with E-state index in [4.69, 9.17) is 9.47 Å². The van der Waals surface area contributed by atoms with Gasteiger partial charge >= 0.3 is 5.97 Å². The predicted octanol–water partition coefficient (Wildman–Crippen LogP) is 0.826. The van der Waals surface area contributed by atoms with Gasteiger partial charge in [-0.1, -0.05) is 6.08 Å². The highest BCUT2D eigenvalue weighted by Gasteiger charge is 2.24. The van der Waals surface area contributed by atoms with Crippen LogP contribution in [0.5, 0.6) is 0 Å². The topological polar surface area (TPSA) is 38.8 Å². The first-order chi connectivity index (χ1) is 7.27. The fourth-order valence-electron chi connectivity index (χ4n) is 1.69. The Morgan fingerprint density at radius 1 is 1.73 bits per heavy atom. The van der Waals surface area contributed by atoms with Crippen LogP contribution in [0.15, 0.2) is 12.7 Å². The Bertz CT molecular complexity index is 212. The molecular weight excluding hydrogens is 194 g/mol. The average molecular weight is 213 g/mol. The molecule has 0 aromatic heterocycles. The van der Waals surface area contributed by atoms with Crippen molar-refractivity contribution in [1.29, 1.82) is 0 Å². The van der Waals surface area contributed by atoms with Crippen molar-refractivity contribution in [3.05, 3.63) is 12.7 Å². The Morgan fingerprint density at radius 2 is 2.53 bits per heavy atom. The maximum absolute atomic E-state index is 11.3. The molecule has 0 saturated carbocycles. The lowest BCUT2D eigenvalue weighted by Crippen LogP contribution is -2.40. The zero-order valence-corrected chi connectivity index (χ0v) is 9.28. The minimum atomic E-state index is -0.175. The first kappa shape index (κ1) is 12.2. The van der Waals surface area contributed by atoms with Crippen LogP contribution in [0.2, 0.25) is 0 Å². The van der Waals surface area contributed by atoms with E-state index in [9.17, 15) is 4.79 Å². The molecule has 1 heterocycles. The van der Waals surface area contributed by atoms with Gasteiger partial charge in [-0.05, 0) is 13.3 Å². The van der Waals surface area contributed by atoms with E-state index < -0.39 is 0 Å². The van der Waals surface area contributed by atoms with Crippen molar-refractivity contribution in [1.82, 2.24) is 4.90 Å². The summed E-state index contributed by atoms with van der Waals surface area (Å²) in [6, 6.07) is 0.326. The molecule has 0 bridgehead atoms. The van der Waals surface area contributed by atoms with Gasteiger partial charge in [-0.3, -0.25) is 9.69 Å². The maximum atomic E-state index is 11.3. The second-order valence-electron chi connectivity index (χ2n) is 3.54. The molecule has 86 valence electrons. The molecule has 1 atom stereocenters. The highest BCUT2D eigenvalue weighted by atomic mass is 16.5. The van der Waals surface area contributed by atoms with Gasteiger partial charge in [0.1, 0.15) is 0 Å². The fourth-order valence-corrected chi connectivity index (χ4v) is 1.69. The van der Waals surface area contributed by atoms with Crippen molar-refractivity contribution in [3.8, 4) is 0 Å². The number of carbonyl (C=O) groups is 1. The summed E-state index contributed by atoms with van der Waals surface area (Å²) < 4.78 is 10.2. The van der Waals surface area contributed by atoms with Gasteiger partial charge in [0.25, 0.3) is 0 Å². The van der Waals surface area contributed by atoms with E-state index in [0.717, 1.165) is 13.0 Å². The van der Waals surface area contributed by atoms with Crippen LogP contribution >= 0.6 is 0 Å². The summed E-state index contributed by atoms with van der Waals surface area (Å²) in [6.07, 6.45) is 2.78. The Labute approximate surface area is 90.8 Å². The number of nitrogens with zero attached hydrogens (tertiary/aromatic N) is 1. The highest BCUT2D eigenvalue weighted by molar-refractivity contribution is 5.71. The summed E-state index contributed by atoms with van der Waals surface area (Å²) in [5.41, 5.74) is 0. The van der Waals surface area contributed by atoms with Gasteiger partial charge in [0, 0.05) is 19.2 Å². The Hall–Kier alpha value is -0.870. The number of rotatable bonds is 6. The molecule has 1 unspecified atom stereocenters. The van der Waals surface area contributed by atoms with Gasteiger partial charge in [-0.15, -0.1) is 6.58 Å². The lowest BCUT2D eigenvalue weighted by atomic mass is 10.2. The van der Waals surface area contributed by atoms with Crippen LogP contribution in [-0.4, -0.2) is 49.8 Å². The molecule has 4 nitrogen and oxygen atoms in total. The van der Waals surface area contributed by atoms with Crippen LogP contribution in [-0.2, 0) is 14.3 Å². The molecule has 0 N–H and O–H groups in total. The molecule has 1 aliphatic rings. The molecule has 15 heavy (non-hydrogen) atoms. The lowest BCUT2D eigenvalue weighted by Gasteiger charge is -2.25. The van der Waals surface area contributed by atoms with Gasteiger partial charge < -0.3 is 9.47 Å². The van der Waals surface area contributed by atoms with E-state index in [2.05, 4.69) is 11.5 Å². The Balaban J connectivity index is 2.41. The standard InChI is InChI=1S/C11H19NO3/c1-3-6-12(8-11(13)15-4-2)10-5-7-14-9-10/h3,10H,1,4-9H2,2H3. The summed E-state index contributed by atoms with van der Waals surface area (Å²) in [6.45, 7) is 8.45. The minimum Gasteiger partial charge on any atom is -0.465 e. The molecule has 0 amide bonds.